The summed E-state index contributed by atoms with van der Waals surface area (Å²) in [6, 6.07) is 1.72. The zero-order valence-electron chi connectivity index (χ0n) is 9.24. The summed E-state index contributed by atoms with van der Waals surface area (Å²) in [6.45, 7) is 0.214. The zero-order valence-corrected chi connectivity index (χ0v) is 10.1. The van der Waals surface area contributed by atoms with Crippen LogP contribution >= 0.6 is 0 Å². The van der Waals surface area contributed by atoms with Crippen LogP contribution in [0.4, 0.5) is 18.9 Å². The Bertz CT molecular complexity index is 485. The number of aromatic nitrogens is 1. The van der Waals surface area contributed by atoms with Gasteiger partial charge in [-0.25, -0.2) is 13.4 Å². The van der Waals surface area contributed by atoms with Crippen molar-refractivity contribution in [1.29, 1.82) is 0 Å². The number of hydrogen-bond donors (Lipinski definition) is 2. The molecule has 102 valence electrons. The first-order valence-corrected chi connectivity index (χ1v) is 6.63. The van der Waals surface area contributed by atoms with Gasteiger partial charge in [-0.3, -0.25) is 4.72 Å². The van der Waals surface area contributed by atoms with Crippen LogP contribution in [0.3, 0.4) is 0 Å². The van der Waals surface area contributed by atoms with Crippen LogP contribution in [-0.2, 0) is 16.2 Å². The van der Waals surface area contributed by atoms with E-state index in [0.29, 0.717) is 6.07 Å². The van der Waals surface area contributed by atoms with Gasteiger partial charge in [0.15, 0.2) is 0 Å². The van der Waals surface area contributed by atoms with E-state index < -0.39 is 21.9 Å². The van der Waals surface area contributed by atoms with E-state index >= 15 is 0 Å². The normalized spacial score (nSPS) is 12.4. The second-order valence-corrected chi connectivity index (χ2v) is 5.33. The van der Waals surface area contributed by atoms with E-state index in [2.05, 4.69) is 9.71 Å². The minimum absolute atomic E-state index is 0.0139. The maximum atomic E-state index is 12.2. The van der Waals surface area contributed by atoms with Gasteiger partial charge in [-0.1, -0.05) is 0 Å². The fraction of sp³-hybridized carbons (Fsp3) is 0.444. The molecule has 1 heterocycles. The fourth-order valence-corrected chi connectivity index (χ4v) is 2.25. The molecule has 0 spiro atoms. The lowest BCUT2D eigenvalue weighted by Gasteiger charge is -2.09. The Labute approximate surface area is 102 Å². The van der Waals surface area contributed by atoms with E-state index in [1.165, 1.54) is 0 Å². The first-order chi connectivity index (χ1) is 8.24. The summed E-state index contributed by atoms with van der Waals surface area (Å²) in [6.07, 6.45) is -3.46. The number of sulfonamides is 1. The first-order valence-electron chi connectivity index (χ1n) is 4.98. The lowest BCUT2D eigenvalue weighted by atomic mass is 10.3. The monoisotopic (exact) mass is 283 g/mol. The third-order valence-corrected chi connectivity index (χ3v) is 3.32. The maximum Gasteiger partial charge on any atom is 0.433 e. The average Bonchev–Trinajstić information content (AvgIpc) is 2.25. The minimum Gasteiger partial charge on any atom is -0.330 e. The molecule has 0 unspecified atom stereocenters. The average molecular weight is 283 g/mol. The number of nitrogens with zero attached hydrogens (tertiary/aromatic N) is 1. The van der Waals surface area contributed by atoms with Crippen LogP contribution < -0.4 is 10.5 Å². The lowest BCUT2D eigenvalue weighted by Crippen LogP contribution is -2.19. The second kappa shape index (κ2) is 5.53. The van der Waals surface area contributed by atoms with Crippen LogP contribution in [0.5, 0.6) is 0 Å². The number of pyridine rings is 1. The maximum absolute atomic E-state index is 12.2. The van der Waals surface area contributed by atoms with Gasteiger partial charge in [0, 0.05) is 0 Å². The quantitative estimate of drug-likeness (QED) is 0.850. The van der Waals surface area contributed by atoms with Crippen molar-refractivity contribution in [3.05, 3.63) is 24.0 Å². The molecule has 0 saturated carbocycles. The molecule has 0 amide bonds. The molecule has 9 heteroatoms. The number of nitrogens with two attached hydrogens (primary N) is 1. The van der Waals surface area contributed by atoms with E-state index in [1.807, 2.05) is 0 Å². The highest BCUT2D eigenvalue weighted by Crippen LogP contribution is 2.27. The Morgan fingerprint density at radius 3 is 2.44 bits per heavy atom. The number of hydrogen-bond acceptors (Lipinski definition) is 4. The molecule has 0 aromatic carbocycles. The van der Waals surface area contributed by atoms with Gasteiger partial charge < -0.3 is 5.73 Å². The van der Waals surface area contributed by atoms with Gasteiger partial charge in [0.25, 0.3) is 0 Å². The van der Waals surface area contributed by atoms with Crippen LogP contribution in [0.1, 0.15) is 12.1 Å². The van der Waals surface area contributed by atoms with Gasteiger partial charge in [-0.15, -0.1) is 0 Å². The van der Waals surface area contributed by atoms with E-state index in [0.717, 1.165) is 12.3 Å². The predicted octanol–water partition coefficient (Wildman–Crippen LogP) is 1.19. The van der Waals surface area contributed by atoms with Gasteiger partial charge >= 0.3 is 6.18 Å². The van der Waals surface area contributed by atoms with E-state index in [4.69, 9.17) is 5.73 Å². The molecule has 0 fully saturated rings. The van der Waals surface area contributed by atoms with Crippen molar-refractivity contribution >= 4 is 15.7 Å². The molecular weight excluding hydrogens is 271 g/mol. The van der Waals surface area contributed by atoms with Crippen LogP contribution in [0.2, 0.25) is 0 Å². The van der Waals surface area contributed by atoms with Crippen molar-refractivity contribution in [1.82, 2.24) is 4.98 Å². The molecule has 0 radical (unpaired) electrons. The summed E-state index contributed by atoms with van der Waals surface area (Å²) in [5.41, 5.74) is 4.08. The largest absolute Gasteiger partial charge is 0.433 e. The van der Waals surface area contributed by atoms with Crippen molar-refractivity contribution < 1.29 is 21.6 Å². The molecule has 3 N–H and O–H groups in total. The van der Waals surface area contributed by atoms with Crippen molar-refractivity contribution in [3.8, 4) is 0 Å². The van der Waals surface area contributed by atoms with Gasteiger partial charge in [0.1, 0.15) is 5.69 Å². The highest BCUT2D eigenvalue weighted by atomic mass is 32.2. The van der Waals surface area contributed by atoms with Crippen molar-refractivity contribution in [3.63, 3.8) is 0 Å². The number of anilines is 1. The summed E-state index contributed by atoms with van der Waals surface area (Å²) < 4.78 is 61.6. The van der Waals surface area contributed by atoms with Gasteiger partial charge in [0.2, 0.25) is 10.0 Å². The molecular formula is C9H12F3N3O2S. The summed E-state index contributed by atoms with van der Waals surface area (Å²) in [7, 11) is -3.60. The molecule has 0 aliphatic rings. The third-order valence-electron chi connectivity index (χ3n) is 1.94. The Balaban J connectivity index is 2.75. The van der Waals surface area contributed by atoms with E-state index in [1.54, 1.807) is 0 Å². The van der Waals surface area contributed by atoms with Crippen LogP contribution in [0.15, 0.2) is 18.3 Å². The summed E-state index contributed by atoms with van der Waals surface area (Å²) in [5.74, 6) is -0.190. The third kappa shape index (κ3) is 4.49. The van der Waals surface area contributed by atoms with Crippen LogP contribution in [-0.4, -0.2) is 25.7 Å². The molecule has 1 aromatic heterocycles. The van der Waals surface area contributed by atoms with Crippen molar-refractivity contribution in [2.45, 2.75) is 12.6 Å². The first kappa shape index (κ1) is 14.7. The second-order valence-electron chi connectivity index (χ2n) is 3.49. The number of alkyl halides is 3. The van der Waals surface area contributed by atoms with Crippen molar-refractivity contribution in [2.75, 3.05) is 17.0 Å². The molecule has 1 aromatic rings. The van der Waals surface area contributed by atoms with Crippen LogP contribution in [0.25, 0.3) is 0 Å². The number of nitrogens with one attached hydrogen (secondary N) is 1. The zero-order chi connectivity index (χ0) is 13.8. The standard InChI is InChI=1S/C9H12F3N3O2S/c10-9(11,12)8-3-2-7(6-14-8)15-18(16,17)5-1-4-13/h2-3,6,15H,1,4-5,13H2. The molecule has 0 aliphatic carbocycles. The highest BCUT2D eigenvalue weighted by molar-refractivity contribution is 7.92. The fourth-order valence-electron chi connectivity index (χ4n) is 1.13. The highest BCUT2D eigenvalue weighted by Gasteiger charge is 2.32. The van der Waals surface area contributed by atoms with Crippen molar-refractivity contribution in [2.24, 2.45) is 5.73 Å². The van der Waals surface area contributed by atoms with Gasteiger partial charge in [0.05, 0.1) is 17.6 Å². The lowest BCUT2D eigenvalue weighted by molar-refractivity contribution is -0.141. The number of halogens is 3. The van der Waals surface area contributed by atoms with Gasteiger partial charge in [-0.05, 0) is 25.1 Å². The summed E-state index contributed by atoms with van der Waals surface area (Å²) in [4.78, 5) is 3.14. The molecule has 0 bridgehead atoms. The smallest absolute Gasteiger partial charge is 0.330 e. The van der Waals surface area contributed by atoms with Gasteiger partial charge in [-0.2, -0.15) is 13.2 Å². The molecule has 0 saturated heterocycles. The predicted molar refractivity (Wildman–Crippen MR) is 60.3 cm³/mol. The molecule has 1 rings (SSSR count). The molecule has 0 aliphatic heterocycles. The summed E-state index contributed by atoms with van der Waals surface area (Å²) in [5, 5.41) is 0. The molecule has 5 nitrogen and oxygen atoms in total. The molecule has 0 atom stereocenters. The topological polar surface area (TPSA) is 85.1 Å². The molecule has 18 heavy (non-hydrogen) atoms. The summed E-state index contributed by atoms with van der Waals surface area (Å²) >= 11 is 0. The van der Waals surface area contributed by atoms with E-state index in [-0.39, 0.29) is 24.4 Å². The SMILES string of the molecule is NCCCS(=O)(=O)Nc1ccc(C(F)(F)F)nc1. The van der Waals surface area contributed by atoms with E-state index in [9.17, 15) is 21.6 Å². The number of rotatable bonds is 5. The Morgan fingerprint density at radius 1 is 1.33 bits per heavy atom. The Hall–Kier alpha value is -1.35. The Kier molecular flexibility index (Phi) is 4.52. The van der Waals surface area contributed by atoms with Crippen LogP contribution in [0, 0.1) is 0 Å². The minimum atomic E-state index is -4.54. The Morgan fingerprint density at radius 2 is 2.00 bits per heavy atom.